The number of para-hydroxylation sites is 1. The van der Waals surface area contributed by atoms with Crippen molar-refractivity contribution in [3.8, 4) is 19.5 Å². The number of benzene rings is 3. The van der Waals surface area contributed by atoms with Gasteiger partial charge in [-0.2, -0.15) is 0 Å². The zero-order chi connectivity index (χ0) is 22.2. The lowest BCUT2D eigenvalue weighted by Gasteiger charge is -2.25. The molecule has 0 saturated heterocycles. The molecular weight excluding hydrogens is 526 g/mol. The first-order valence-corrected chi connectivity index (χ1v) is 13.8. The summed E-state index contributed by atoms with van der Waals surface area (Å²) in [5.74, 6) is 0. The third-order valence-corrected chi connectivity index (χ3v) is 9.67. The number of thiophene rings is 3. The lowest BCUT2D eigenvalue weighted by molar-refractivity contribution is 1.33. The van der Waals surface area contributed by atoms with Crippen molar-refractivity contribution in [3.05, 3.63) is 113 Å². The minimum Gasteiger partial charge on any atom is -0.301 e. The molecule has 5 heteroatoms. The number of halogens is 1. The quantitative estimate of drug-likeness (QED) is 0.209. The minimum absolute atomic E-state index is 1.16. The van der Waals surface area contributed by atoms with Crippen molar-refractivity contribution in [2.45, 2.75) is 0 Å². The van der Waals surface area contributed by atoms with E-state index in [-0.39, 0.29) is 0 Å². The van der Waals surface area contributed by atoms with Crippen LogP contribution in [0, 0.1) is 0 Å². The molecule has 6 rings (SSSR count). The van der Waals surface area contributed by atoms with Crippen LogP contribution in [0.4, 0.5) is 16.4 Å². The molecule has 1 nitrogen and oxygen atoms in total. The van der Waals surface area contributed by atoms with Crippen molar-refractivity contribution < 1.29 is 0 Å². The van der Waals surface area contributed by atoms with Crippen molar-refractivity contribution in [2.24, 2.45) is 0 Å². The highest BCUT2D eigenvalue weighted by atomic mass is 79.9. The van der Waals surface area contributed by atoms with E-state index in [1.54, 1.807) is 11.3 Å². The monoisotopic (exact) mass is 543 g/mol. The van der Waals surface area contributed by atoms with Crippen molar-refractivity contribution in [2.75, 3.05) is 4.90 Å². The van der Waals surface area contributed by atoms with Crippen molar-refractivity contribution in [1.29, 1.82) is 0 Å². The van der Waals surface area contributed by atoms with Gasteiger partial charge in [0.1, 0.15) is 5.00 Å². The first kappa shape index (κ1) is 20.9. The molecule has 160 valence electrons. The zero-order valence-corrected chi connectivity index (χ0v) is 21.5. The largest absolute Gasteiger partial charge is 0.301 e. The summed E-state index contributed by atoms with van der Waals surface area (Å²) < 4.78 is 1.17. The van der Waals surface area contributed by atoms with Crippen LogP contribution in [0.2, 0.25) is 0 Å². The lowest BCUT2D eigenvalue weighted by atomic mass is 10.1. The van der Waals surface area contributed by atoms with Gasteiger partial charge >= 0.3 is 0 Å². The summed E-state index contributed by atoms with van der Waals surface area (Å²) in [7, 11) is 0. The molecule has 0 aliphatic carbocycles. The van der Waals surface area contributed by atoms with E-state index in [0.717, 1.165) is 5.69 Å². The molecule has 0 spiro atoms. The second-order valence-electron chi connectivity index (χ2n) is 7.57. The Labute approximate surface area is 213 Å². The molecule has 0 aliphatic rings. The highest BCUT2D eigenvalue weighted by molar-refractivity contribution is 9.11. The summed E-state index contributed by atoms with van der Waals surface area (Å²) in [5, 5.41) is 3.71. The normalized spacial score (nSPS) is 11.2. The van der Waals surface area contributed by atoms with E-state index in [1.165, 1.54) is 44.8 Å². The number of fused-ring (bicyclic) bond motifs is 1. The third kappa shape index (κ3) is 4.06. The standard InChI is InChI=1S/C28H18BrNS3/c29-27-17-15-25(32-27)23-13-14-24(31-23)26-16-18-28(33-26)30(20-9-2-1-3-10-20)22-12-6-8-19-7-4-5-11-21(19)22/h1-18H. The summed E-state index contributed by atoms with van der Waals surface area (Å²) in [5.41, 5.74) is 2.36. The molecule has 3 aromatic carbocycles. The van der Waals surface area contributed by atoms with Gasteiger partial charge in [-0.1, -0.05) is 54.6 Å². The first-order valence-electron chi connectivity index (χ1n) is 10.5. The van der Waals surface area contributed by atoms with E-state index < -0.39 is 0 Å². The molecule has 0 N–H and O–H groups in total. The topological polar surface area (TPSA) is 3.24 Å². The van der Waals surface area contributed by atoms with Gasteiger partial charge < -0.3 is 4.90 Å². The molecule has 3 heterocycles. The lowest BCUT2D eigenvalue weighted by Crippen LogP contribution is -2.08. The fourth-order valence-electron chi connectivity index (χ4n) is 4.00. The van der Waals surface area contributed by atoms with Gasteiger partial charge in [0.05, 0.1) is 9.47 Å². The second kappa shape index (κ2) is 8.92. The van der Waals surface area contributed by atoms with Crippen LogP contribution in [-0.4, -0.2) is 0 Å². The Morgan fingerprint density at radius 2 is 1.15 bits per heavy atom. The molecule has 0 unspecified atom stereocenters. The van der Waals surface area contributed by atoms with Gasteiger partial charge in [0.25, 0.3) is 0 Å². The number of hydrogen-bond acceptors (Lipinski definition) is 4. The number of anilines is 3. The Kier molecular flexibility index (Phi) is 5.64. The fourth-order valence-corrected chi connectivity index (χ4v) is 7.61. The van der Waals surface area contributed by atoms with E-state index in [9.17, 15) is 0 Å². The van der Waals surface area contributed by atoms with Crippen molar-refractivity contribution in [1.82, 2.24) is 0 Å². The minimum atomic E-state index is 1.16. The molecule has 0 atom stereocenters. The van der Waals surface area contributed by atoms with Crippen molar-refractivity contribution >= 4 is 77.1 Å². The van der Waals surface area contributed by atoms with Crippen LogP contribution in [0.1, 0.15) is 0 Å². The van der Waals surface area contributed by atoms with Crippen LogP contribution < -0.4 is 4.90 Å². The van der Waals surface area contributed by atoms with Gasteiger partial charge in [-0.15, -0.1) is 34.0 Å². The molecule has 0 radical (unpaired) electrons. The zero-order valence-electron chi connectivity index (χ0n) is 17.4. The van der Waals surface area contributed by atoms with Crippen LogP contribution in [0.25, 0.3) is 30.3 Å². The summed E-state index contributed by atoms with van der Waals surface area (Å²) in [6.45, 7) is 0. The summed E-state index contributed by atoms with van der Waals surface area (Å²) in [6.07, 6.45) is 0. The predicted octanol–water partition coefficient (Wildman–Crippen LogP) is 10.6. The van der Waals surface area contributed by atoms with E-state index >= 15 is 0 Å². The summed E-state index contributed by atoms with van der Waals surface area (Å²) in [4.78, 5) is 7.58. The maximum absolute atomic E-state index is 3.58. The number of nitrogens with zero attached hydrogens (tertiary/aromatic N) is 1. The molecule has 3 aromatic heterocycles. The maximum atomic E-state index is 3.58. The molecule has 6 aromatic rings. The van der Waals surface area contributed by atoms with E-state index in [4.69, 9.17) is 0 Å². The Balaban J connectivity index is 1.44. The molecule has 0 fully saturated rings. The van der Waals surface area contributed by atoms with Crippen LogP contribution in [0.5, 0.6) is 0 Å². The smallest absolute Gasteiger partial charge is 0.101 e. The third-order valence-electron chi connectivity index (χ3n) is 5.50. The number of rotatable bonds is 5. The van der Waals surface area contributed by atoms with Crippen LogP contribution in [-0.2, 0) is 0 Å². The van der Waals surface area contributed by atoms with E-state index in [1.807, 2.05) is 22.7 Å². The van der Waals surface area contributed by atoms with Gasteiger partial charge in [0.15, 0.2) is 0 Å². The Morgan fingerprint density at radius 1 is 0.515 bits per heavy atom. The average Bonchev–Trinajstić information content (AvgIpc) is 3.61. The van der Waals surface area contributed by atoms with Crippen LogP contribution in [0.15, 0.2) is 113 Å². The van der Waals surface area contributed by atoms with Gasteiger partial charge in [-0.25, -0.2) is 0 Å². The molecule has 0 aliphatic heterocycles. The highest BCUT2D eigenvalue weighted by Gasteiger charge is 2.18. The number of hydrogen-bond donors (Lipinski definition) is 0. The van der Waals surface area contributed by atoms with Gasteiger partial charge in [0, 0.05) is 30.6 Å². The SMILES string of the molecule is Brc1ccc(-c2ccc(-c3ccc(N(c4ccccc4)c4cccc5ccccc45)s3)s2)s1. The summed E-state index contributed by atoms with van der Waals surface area (Å²) in [6, 6.07) is 39.1. The Hall–Kier alpha value is -2.70. The molecule has 33 heavy (non-hydrogen) atoms. The maximum Gasteiger partial charge on any atom is 0.101 e. The van der Waals surface area contributed by atoms with Gasteiger partial charge in [0.2, 0.25) is 0 Å². The first-order chi connectivity index (χ1) is 16.3. The Bertz CT molecular complexity index is 1540. The molecular formula is C28H18BrNS3. The van der Waals surface area contributed by atoms with Crippen molar-refractivity contribution in [3.63, 3.8) is 0 Å². The predicted molar refractivity (Wildman–Crippen MR) is 151 cm³/mol. The van der Waals surface area contributed by atoms with Crippen LogP contribution in [0.3, 0.4) is 0 Å². The average molecular weight is 545 g/mol. The van der Waals surface area contributed by atoms with Crippen LogP contribution >= 0.6 is 49.9 Å². The van der Waals surface area contributed by atoms with E-state index in [0.29, 0.717) is 0 Å². The van der Waals surface area contributed by atoms with Gasteiger partial charge in [-0.3, -0.25) is 0 Å². The molecule has 0 bridgehead atoms. The van der Waals surface area contributed by atoms with Gasteiger partial charge in [-0.05, 0) is 75.9 Å². The Morgan fingerprint density at radius 3 is 1.94 bits per heavy atom. The molecule has 0 saturated carbocycles. The highest BCUT2D eigenvalue weighted by Crippen LogP contribution is 2.46. The summed E-state index contributed by atoms with van der Waals surface area (Å²) >= 11 is 9.05. The van der Waals surface area contributed by atoms with E-state index in [2.05, 4.69) is 130 Å². The fraction of sp³-hybridized carbons (Fsp3) is 0. The molecule has 0 amide bonds. The second-order valence-corrected chi connectivity index (χ2v) is 12.2.